The number of fused-ring (bicyclic) bond motifs is 11. The summed E-state index contributed by atoms with van der Waals surface area (Å²) in [6, 6.07) is 62.8. The molecule has 2 heteroatoms. The first kappa shape index (κ1) is 29.1. The van der Waals surface area contributed by atoms with E-state index in [0.717, 1.165) is 0 Å². The Morgan fingerprint density at radius 1 is 0.288 bits per heavy atom. The maximum absolute atomic E-state index is 2.37. The number of hydrogen-bond donors (Lipinski definition) is 0. The fourth-order valence-corrected chi connectivity index (χ4v) is 8.86. The molecule has 2 aromatic heterocycles. The molecule has 0 unspecified atom stereocenters. The molecular weight excluding hydrogens is 629 g/mol. The molecule has 11 aromatic rings. The summed E-state index contributed by atoms with van der Waals surface area (Å²) in [6.07, 6.45) is 0. The molecule has 0 aliphatic carbocycles. The smallest absolute Gasteiger partial charge is 0.0495 e. The summed E-state index contributed by atoms with van der Waals surface area (Å²) >= 11 is 0. The van der Waals surface area contributed by atoms with Crippen molar-refractivity contribution in [3.05, 3.63) is 170 Å². The quantitative estimate of drug-likeness (QED) is 0.178. The predicted octanol–water partition coefficient (Wildman–Crippen LogP) is 13.4. The molecule has 11 rings (SSSR count). The zero-order valence-electron chi connectivity index (χ0n) is 29.1. The van der Waals surface area contributed by atoms with Gasteiger partial charge in [-0.05, 0) is 96.0 Å². The summed E-state index contributed by atoms with van der Waals surface area (Å²) in [5.74, 6) is 0. The summed E-state index contributed by atoms with van der Waals surface area (Å²) in [5, 5.41) is 12.9. The number of rotatable bonds is 3. The van der Waals surface area contributed by atoms with Crippen molar-refractivity contribution in [1.29, 1.82) is 0 Å². The first-order chi connectivity index (χ1) is 25.6. The van der Waals surface area contributed by atoms with Crippen molar-refractivity contribution in [3.63, 3.8) is 0 Å². The Labute approximate surface area is 301 Å². The highest BCUT2D eigenvalue weighted by Crippen LogP contribution is 2.42. The topological polar surface area (TPSA) is 9.86 Å². The molecule has 0 fully saturated rings. The highest BCUT2D eigenvalue weighted by molar-refractivity contribution is 6.29. The molecule has 0 aliphatic rings. The molecule has 0 atom stereocenters. The molecule has 52 heavy (non-hydrogen) atoms. The molecule has 2 nitrogen and oxygen atoms in total. The standard InChI is InChI=1S/C50H34N2/c1-51-45-26-24-42-41(25-27-46-50(42)44-23-21-38(30-48(44)52(46)2)40-13-7-11-34-9-5-6-12-39(34)40)49(45)43-22-20-37(29-47(43)51)33-16-14-32(15-17-33)36-19-18-31-8-3-4-10-35(31)28-36/h3-30H,1-2H3. The van der Waals surface area contributed by atoms with Gasteiger partial charge in [-0.1, -0.05) is 140 Å². The minimum atomic E-state index is 1.22. The van der Waals surface area contributed by atoms with Crippen molar-refractivity contribution in [3.8, 4) is 33.4 Å². The molecule has 9 aromatic carbocycles. The average molecular weight is 663 g/mol. The zero-order valence-corrected chi connectivity index (χ0v) is 29.1. The van der Waals surface area contributed by atoms with Crippen molar-refractivity contribution in [2.75, 3.05) is 0 Å². The van der Waals surface area contributed by atoms with Crippen molar-refractivity contribution in [2.24, 2.45) is 14.1 Å². The summed E-state index contributed by atoms with van der Waals surface area (Å²) < 4.78 is 4.73. The second kappa shape index (κ2) is 10.9. The summed E-state index contributed by atoms with van der Waals surface area (Å²) in [6.45, 7) is 0. The van der Waals surface area contributed by atoms with Crippen molar-refractivity contribution in [1.82, 2.24) is 9.13 Å². The maximum Gasteiger partial charge on any atom is 0.0495 e. The minimum absolute atomic E-state index is 1.22. The molecule has 0 saturated carbocycles. The van der Waals surface area contributed by atoms with Gasteiger partial charge in [0.1, 0.15) is 0 Å². The Kier molecular flexibility index (Phi) is 6.12. The molecule has 0 spiro atoms. The van der Waals surface area contributed by atoms with Crippen LogP contribution >= 0.6 is 0 Å². The molecule has 0 aliphatic heterocycles. The third kappa shape index (κ3) is 4.18. The first-order valence-corrected chi connectivity index (χ1v) is 18.0. The lowest BCUT2D eigenvalue weighted by atomic mass is 9.96. The van der Waals surface area contributed by atoms with Gasteiger partial charge in [-0.25, -0.2) is 0 Å². The van der Waals surface area contributed by atoms with Gasteiger partial charge in [0.15, 0.2) is 0 Å². The van der Waals surface area contributed by atoms with Gasteiger partial charge in [0.25, 0.3) is 0 Å². The molecule has 0 N–H and O–H groups in total. The van der Waals surface area contributed by atoms with E-state index in [-0.39, 0.29) is 0 Å². The van der Waals surface area contributed by atoms with Crippen LogP contribution in [-0.4, -0.2) is 9.13 Å². The van der Waals surface area contributed by atoms with Crippen LogP contribution in [-0.2, 0) is 14.1 Å². The van der Waals surface area contributed by atoms with Crippen LogP contribution in [0.4, 0.5) is 0 Å². The van der Waals surface area contributed by atoms with Crippen LogP contribution in [0.1, 0.15) is 0 Å². The third-order valence-corrected chi connectivity index (χ3v) is 11.5. The van der Waals surface area contributed by atoms with Crippen LogP contribution in [0.5, 0.6) is 0 Å². The average Bonchev–Trinajstić information content (AvgIpc) is 3.66. The first-order valence-electron chi connectivity index (χ1n) is 18.0. The van der Waals surface area contributed by atoms with E-state index in [1.807, 2.05) is 0 Å². The lowest BCUT2D eigenvalue weighted by molar-refractivity contribution is 1.01. The van der Waals surface area contributed by atoms with Gasteiger partial charge in [-0.15, -0.1) is 0 Å². The van der Waals surface area contributed by atoms with Gasteiger partial charge in [0.05, 0.1) is 0 Å². The van der Waals surface area contributed by atoms with Crippen molar-refractivity contribution < 1.29 is 0 Å². The van der Waals surface area contributed by atoms with E-state index in [0.29, 0.717) is 0 Å². The van der Waals surface area contributed by atoms with Crippen LogP contribution in [0.2, 0.25) is 0 Å². The molecule has 0 bridgehead atoms. The Bertz CT molecular complexity index is 3240. The van der Waals surface area contributed by atoms with E-state index in [4.69, 9.17) is 0 Å². The SMILES string of the molecule is Cn1c2cc(-c3ccc(-c4ccc5ccccc5c4)cc3)ccc2c2c3ccc4c(c3ccc21)c1ccc(-c2cccc3ccccc23)cc1n4C. The van der Waals surface area contributed by atoms with Gasteiger partial charge in [0, 0.05) is 57.7 Å². The Hall–Kier alpha value is -6.64. The summed E-state index contributed by atoms with van der Waals surface area (Å²) in [4.78, 5) is 0. The van der Waals surface area contributed by atoms with E-state index < -0.39 is 0 Å². The lowest BCUT2D eigenvalue weighted by Gasteiger charge is -2.08. The number of hydrogen-bond acceptors (Lipinski definition) is 0. The number of aryl methyl sites for hydroxylation is 2. The van der Waals surface area contributed by atoms with E-state index in [1.54, 1.807) is 0 Å². The Balaban J connectivity index is 1.03. The number of nitrogens with zero attached hydrogens (tertiary/aromatic N) is 2. The highest BCUT2D eigenvalue weighted by atomic mass is 14.9. The second-order valence-electron chi connectivity index (χ2n) is 14.3. The predicted molar refractivity (Wildman–Crippen MR) is 223 cm³/mol. The van der Waals surface area contributed by atoms with E-state index in [1.165, 1.54) is 109 Å². The normalized spacial score (nSPS) is 12.0. The molecule has 0 saturated heterocycles. The zero-order chi connectivity index (χ0) is 34.5. The minimum Gasteiger partial charge on any atom is -0.344 e. The van der Waals surface area contributed by atoms with Crippen LogP contribution < -0.4 is 0 Å². The van der Waals surface area contributed by atoms with E-state index >= 15 is 0 Å². The van der Waals surface area contributed by atoms with Crippen molar-refractivity contribution >= 4 is 75.9 Å². The van der Waals surface area contributed by atoms with Crippen LogP contribution in [0.3, 0.4) is 0 Å². The molecule has 0 radical (unpaired) electrons. The van der Waals surface area contributed by atoms with Crippen molar-refractivity contribution in [2.45, 2.75) is 0 Å². The fourth-order valence-electron chi connectivity index (χ4n) is 8.86. The molecule has 244 valence electrons. The number of aromatic nitrogens is 2. The highest BCUT2D eigenvalue weighted by Gasteiger charge is 2.18. The van der Waals surface area contributed by atoms with Gasteiger partial charge in [-0.3, -0.25) is 0 Å². The Morgan fingerprint density at radius 3 is 1.44 bits per heavy atom. The van der Waals surface area contributed by atoms with Crippen LogP contribution in [0, 0.1) is 0 Å². The van der Waals surface area contributed by atoms with Crippen LogP contribution in [0.25, 0.3) is 109 Å². The largest absolute Gasteiger partial charge is 0.344 e. The van der Waals surface area contributed by atoms with Gasteiger partial charge < -0.3 is 9.13 Å². The Morgan fingerprint density at radius 2 is 0.769 bits per heavy atom. The molecule has 0 amide bonds. The van der Waals surface area contributed by atoms with Crippen LogP contribution in [0.15, 0.2) is 170 Å². The van der Waals surface area contributed by atoms with E-state index in [2.05, 4.69) is 193 Å². The van der Waals surface area contributed by atoms with Gasteiger partial charge >= 0.3 is 0 Å². The van der Waals surface area contributed by atoms with E-state index in [9.17, 15) is 0 Å². The third-order valence-electron chi connectivity index (χ3n) is 11.5. The fraction of sp³-hybridized carbons (Fsp3) is 0.0400. The summed E-state index contributed by atoms with van der Waals surface area (Å²) in [5.41, 5.74) is 12.5. The number of benzene rings is 9. The second-order valence-corrected chi connectivity index (χ2v) is 14.3. The van der Waals surface area contributed by atoms with Gasteiger partial charge in [0.2, 0.25) is 0 Å². The maximum atomic E-state index is 2.37. The monoisotopic (exact) mass is 662 g/mol. The molecule has 2 heterocycles. The molecular formula is C50H34N2. The lowest BCUT2D eigenvalue weighted by Crippen LogP contribution is -1.88. The summed E-state index contributed by atoms with van der Waals surface area (Å²) in [7, 11) is 4.41. The van der Waals surface area contributed by atoms with Gasteiger partial charge in [-0.2, -0.15) is 0 Å².